The molecule has 114 valence electrons. The summed E-state index contributed by atoms with van der Waals surface area (Å²) in [7, 11) is 2.03. The molecule has 3 nitrogen and oxygen atoms in total. The average molecular weight is 298 g/mol. The lowest BCUT2D eigenvalue weighted by Crippen LogP contribution is -2.35. The third-order valence-corrected chi connectivity index (χ3v) is 5.07. The largest absolute Gasteiger partial charge is 0.316 e. The maximum absolute atomic E-state index is 6.53. The van der Waals surface area contributed by atoms with Gasteiger partial charge >= 0.3 is 0 Å². The summed E-state index contributed by atoms with van der Waals surface area (Å²) in [6.45, 7) is 6.57. The highest BCUT2D eigenvalue weighted by Gasteiger charge is 2.35. The molecule has 0 bridgehead atoms. The van der Waals surface area contributed by atoms with E-state index in [2.05, 4.69) is 24.3 Å². The van der Waals surface area contributed by atoms with Crippen molar-refractivity contribution in [3.63, 3.8) is 0 Å². The lowest BCUT2D eigenvalue weighted by Gasteiger charge is -2.29. The van der Waals surface area contributed by atoms with Gasteiger partial charge in [-0.3, -0.25) is 4.68 Å². The second-order valence-corrected chi connectivity index (χ2v) is 6.62. The molecule has 0 unspecified atom stereocenters. The van der Waals surface area contributed by atoms with Gasteiger partial charge in [-0.15, -0.1) is 0 Å². The molecule has 1 aromatic rings. The second kappa shape index (κ2) is 6.95. The highest BCUT2D eigenvalue weighted by molar-refractivity contribution is 6.31. The number of nitrogens with zero attached hydrogens (tertiary/aromatic N) is 2. The summed E-state index contributed by atoms with van der Waals surface area (Å²) in [6, 6.07) is 0. The van der Waals surface area contributed by atoms with E-state index in [4.69, 9.17) is 11.6 Å². The highest BCUT2D eigenvalue weighted by Crippen LogP contribution is 2.41. The Hall–Kier alpha value is -0.540. The van der Waals surface area contributed by atoms with Crippen molar-refractivity contribution in [1.29, 1.82) is 0 Å². The Morgan fingerprint density at radius 1 is 1.30 bits per heavy atom. The first-order valence-electron chi connectivity index (χ1n) is 8.03. The summed E-state index contributed by atoms with van der Waals surface area (Å²) < 4.78 is 2.00. The molecule has 1 aromatic heterocycles. The summed E-state index contributed by atoms with van der Waals surface area (Å²) >= 11 is 6.53. The third kappa shape index (κ3) is 3.37. The van der Waals surface area contributed by atoms with Crippen LogP contribution in [0.5, 0.6) is 0 Å². The van der Waals surface area contributed by atoms with Gasteiger partial charge in [0.1, 0.15) is 0 Å². The fourth-order valence-electron chi connectivity index (χ4n) is 3.44. The quantitative estimate of drug-likeness (QED) is 0.777. The van der Waals surface area contributed by atoms with Crippen molar-refractivity contribution in [2.45, 2.75) is 58.8 Å². The number of hydrogen-bond donors (Lipinski definition) is 1. The normalized spacial score (nSPS) is 17.8. The van der Waals surface area contributed by atoms with E-state index in [9.17, 15) is 0 Å². The van der Waals surface area contributed by atoms with Crippen LogP contribution >= 0.6 is 11.6 Å². The zero-order valence-electron chi connectivity index (χ0n) is 13.1. The Morgan fingerprint density at radius 3 is 2.55 bits per heavy atom. The molecule has 1 heterocycles. The van der Waals surface area contributed by atoms with Crippen LogP contribution in [-0.4, -0.2) is 22.9 Å². The van der Waals surface area contributed by atoms with Gasteiger partial charge in [0.2, 0.25) is 0 Å². The van der Waals surface area contributed by atoms with Gasteiger partial charge in [-0.1, -0.05) is 38.3 Å². The molecular formula is C16H28ClN3. The number of halogens is 1. The number of hydrogen-bond acceptors (Lipinski definition) is 2. The fraction of sp³-hybridized carbons (Fsp3) is 0.812. The molecule has 0 radical (unpaired) electrons. The first-order valence-corrected chi connectivity index (χ1v) is 8.40. The SMILES string of the molecule is CCCNCC1(Cc2c(Cl)c(CC)nn2C)CCCC1. The van der Waals surface area contributed by atoms with Crippen molar-refractivity contribution in [2.75, 3.05) is 13.1 Å². The van der Waals surface area contributed by atoms with Crippen LogP contribution in [0.4, 0.5) is 0 Å². The van der Waals surface area contributed by atoms with E-state index in [0.29, 0.717) is 5.41 Å². The van der Waals surface area contributed by atoms with Gasteiger partial charge in [0.25, 0.3) is 0 Å². The molecule has 1 aliphatic rings. The van der Waals surface area contributed by atoms with Crippen LogP contribution in [0.25, 0.3) is 0 Å². The van der Waals surface area contributed by atoms with Crippen molar-refractivity contribution in [1.82, 2.24) is 15.1 Å². The van der Waals surface area contributed by atoms with E-state index >= 15 is 0 Å². The standard InChI is InChI=1S/C16H28ClN3/c1-4-10-18-12-16(8-6-7-9-16)11-14-15(17)13(5-2)19-20(14)3/h18H,4-12H2,1-3H3. The number of nitrogens with one attached hydrogen (secondary N) is 1. The van der Waals surface area contributed by atoms with Gasteiger partial charge in [0.05, 0.1) is 16.4 Å². The van der Waals surface area contributed by atoms with Crippen LogP contribution < -0.4 is 5.32 Å². The lowest BCUT2D eigenvalue weighted by atomic mass is 9.81. The zero-order chi connectivity index (χ0) is 14.6. The Labute approximate surface area is 128 Å². The topological polar surface area (TPSA) is 29.9 Å². The number of aryl methyl sites for hydroxylation is 2. The van der Waals surface area contributed by atoms with Crippen LogP contribution in [0.2, 0.25) is 5.02 Å². The molecule has 0 aliphatic heterocycles. The maximum Gasteiger partial charge on any atom is 0.0849 e. The fourth-order valence-corrected chi connectivity index (χ4v) is 3.80. The second-order valence-electron chi connectivity index (χ2n) is 6.25. The van der Waals surface area contributed by atoms with Crippen LogP contribution in [-0.2, 0) is 19.9 Å². The lowest BCUT2D eigenvalue weighted by molar-refractivity contribution is 0.272. The Bertz CT molecular complexity index is 433. The Morgan fingerprint density at radius 2 is 2.00 bits per heavy atom. The summed E-state index contributed by atoms with van der Waals surface area (Å²) in [4.78, 5) is 0. The molecule has 1 saturated carbocycles. The third-order valence-electron chi connectivity index (χ3n) is 4.64. The van der Waals surface area contributed by atoms with Gasteiger partial charge in [-0.25, -0.2) is 0 Å². The van der Waals surface area contributed by atoms with Gasteiger partial charge in [0, 0.05) is 13.6 Å². The summed E-state index contributed by atoms with van der Waals surface area (Å²) in [5.74, 6) is 0. The number of aromatic nitrogens is 2. The molecule has 0 aromatic carbocycles. The molecule has 1 N–H and O–H groups in total. The van der Waals surface area contributed by atoms with Gasteiger partial charge in [0.15, 0.2) is 0 Å². The van der Waals surface area contributed by atoms with E-state index in [1.165, 1.54) is 37.8 Å². The monoisotopic (exact) mass is 297 g/mol. The van der Waals surface area contributed by atoms with Crippen molar-refractivity contribution < 1.29 is 0 Å². The first-order chi connectivity index (χ1) is 9.62. The number of rotatable bonds is 7. The molecule has 0 atom stereocenters. The Kier molecular flexibility index (Phi) is 5.50. The van der Waals surface area contributed by atoms with E-state index in [-0.39, 0.29) is 0 Å². The summed E-state index contributed by atoms with van der Waals surface area (Å²) in [5, 5.41) is 9.09. The minimum absolute atomic E-state index is 0.387. The van der Waals surface area contributed by atoms with E-state index in [1.807, 2.05) is 11.7 Å². The molecular weight excluding hydrogens is 270 g/mol. The van der Waals surface area contributed by atoms with Crippen molar-refractivity contribution >= 4 is 11.6 Å². The van der Waals surface area contributed by atoms with Crippen LogP contribution in [0.3, 0.4) is 0 Å². The molecule has 1 aliphatic carbocycles. The summed E-state index contributed by atoms with van der Waals surface area (Å²) in [6.07, 6.45) is 8.50. The molecule has 1 fully saturated rings. The Balaban J connectivity index is 2.14. The van der Waals surface area contributed by atoms with Gasteiger partial charge in [-0.2, -0.15) is 5.10 Å². The molecule has 0 amide bonds. The van der Waals surface area contributed by atoms with Crippen LogP contribution in [0, 0.1) is 5.41 Å². The highest BCUT2D eigenvalue weighted by atomic mass is 35.5. The van der Waals surface area contributed by atoms with Crippen molar-refractivity contribution in [2.24, 2.45) is 12.5 Å². The molecule has 20 heavy (non-hydrogen) atoms. The minimum atomic E-state index is 0.387. The predicted molar refractivity (Wildman–Crippen MR) is 85.4 cm³/mol. The first kappa shape index (κ1) is 15.8. The summed E-state index contributed by atoms with van der Waals surface area (Å²) in [5.41, 5.74) is 2.65. The molecule has 4 heteroatoms. The average Bonchev–Trinajstić information content (AvgIpc) is 3.00. The minimum Gasteiger partial charge on any atom is -0.316 e. The van der Waals surface area contributed by atoms with Crippen LogP contribution in [0.1, 0.15) is 57.3 Å². The van der Waals surface area contributed by atoms with Gasteiger partial charge < -0.3 is 5.32 Å². The van der Waals surface area contributed by atoms with E-state index in [0.717, 1.165) is 36.6 Å². The van der Waals surface area contributed by atoms with E-state index < -0.39 is 0 Å². The predicted octanol–water partition coefficient (Wildman–Crippen LogP) is 3.74. The van der Waals surface area contributed by atoms with Crippen molar-refractivity contribution in [3.05, 3.63) is 16.4 Å². The molecule has 2 rings (SSSR count). The van der Waals surface area contributed by atoms with Gasteiger partial charge in [-0.05, 0) is 44.1 Å². The smallest absolute Gasteiger partial charge is 0.0849 e. The maximum atomic E-state index is 6.53. The zero-order valence-corrected chi connectivity index (χ0v) is 13.9. The van der Waals surface area contributed by atoms with Crippen molar-refractivity contribution in [3.8, 4) is 0 Å². The molecule has 0 saturated heterocycles. The van der Waals surface area contributed by atoms with E-state index in [1.54, 1.807) is 0 Å². The molecule has 0 spiro atoms. The van der Waals surface area contributed by atoms with Crippen LogP contribution in [0.15, 0.2) is 0 Å².